The molecule has 1 rings (SSSR count). The van der Waals surface area contributed by atoms with E-state index in [2.05, 4.69) is 4.74 Å². The topological polar surface area (TPSA) is 52.3 Å². The van der Waals surface area contributed by atoms with Crippen LogP contribution in [0.4, 0.5) is 13.2 Å². The first-order valence-corrected chi connectivity index (χ1v) is 5.36. The van der Waals surface area contributed by atoms with Gasteiger partial charge in [0, 0.05) is 5.56 Å². The summed E-state index contributed by atoms with van der Waals surface area (Å²) in [5.41, 5.74) is 5.77. The number of carbonyl (C=O) groups excluding carboxylic acids is 1. The zero-order valence-electron chi connectivity index (χ0n) is 9.99. The van der Waals surface area contributed by atoms with Crippen molar-refractivity contribution >= 4 is 5.78 Å². The Bertz CT molecular complexity index is 430. The lowest BCUT2D eigenvalue weighted by Crippen LogP contribution is -2.35. The Morgan fingerprint density at radius 2 is 1.94 bits per heavy atom. The number of carbonyl (C=O) groups is 1. The maximum absolute atomic E-state index is 12.0. The molecule has 0 aliphatic carbocycles. The van der Waals surface area contributed by atoms with Gasteiger partial charge in [0.05, 0.1) is 6.04 Å². The van der Waals surface area contributed by atoms with Gasteiger partial charge < -0.3 is 10.5 Å². The van der Waals surface area contributed by atoms with Crippen LogP contribution in [0.15, 0.2) is 24.3 Å². The van der Waals surface area contributed by atoms with Crippen LogP contribution in [0, 0.1) is 5.92 Å². The first-order chi connectivity index (χ1) is 8.20. The third kappa shape index (κ3) is 4.03. The molecule has 100 valence electrons. The van der Waals surface area contributed by atoms with Gasteiger partial charge in [-0.25, -0.2) is 0 Å². The van der Waals surface area contributed by atoms with E-state index >= 15 is 0 Å². The molecule has 1 aromatic carbocycles. The van der Waals surface area contributed by atoms with Crippen molar-refractivity contribution in [1.29, 1.82) is 0 Å². The van der Waals surface area contributed by atoms with E-state index in [1.54, 1.807) is 13.8 Å². The fraction of sp³-hybridized carbons (Fsp3) is 0.417. The normalized spacial score (nSPS) is 13.5. The molecule has 0 amide bonds. The van der Waals surface area contributed by atoms with Gasteiger partial charge in [-0.1, -0.05) is 26.0 Å². The van der Waals surface area contributed by atoms with Gasteiger partial charge in [0.2, 0.25) is 0 Å². The van der Waals surface area contributed by atoms with Crippen molar-refractivity contribution in [2.45, 2.75) is 26.3 Å². The molecule has 1 aromatic rings. The van der Waals surface area contributed by atoms with Crippen molar-refractivity contribution in [3.63, 3.8) is 0 Å². The van der Waals surface area contributed by atoms with Gasteiger partial charge in [0.15, 0.2) is 5.78 Å². The minimum Gasteiger partial charge on any atom is -0.406 e. The third-order valence-corrected chi connectivity index (χ3v) is 2.37. The molecule has 6 heteroatoms. The summed E-state index contributed by atoms with van der Waals surface area (Å²) in [5.74, 6) is -0.924. The SMILES string of the molecule is CC(C)C(N)C(=O)c1cccc(OC(F)(F)F)c1. The summed E-state index contributed by atoms with van der Waals surface area (Å²) in [5, 5.41) is 0. The van der Waals surface area contributed by atoms with Crippen molar-refractivity contribution in [3.05, 3.63) is 29.8 Å². The van der Waals surface area contributed by atoms with Crippen LogP contribution in [-0.4, -0.2) is 18.2 Å². The van der Waals surface area contributed by atoms with E-state index in [0.717, 1.165) is 12.1 Å². The van der Waals surface area contributed by atoms with Crippen LogP contribution in [0.3, 0.4) is 0 Å². The van der Waals surface area contributed by atoms with Crippen molar-refractivity contribution in [3.8, 4) is 5.75 Å². The predicted molar refractivity (Wildman–Crippen MR) is 60.3 cm³/mol. The van der Waals surface area contributed by atoms with Gasteiger partial charge in [-0.3, -0.25) is 4.79 Å². The van der Waals surface area contributed by atoms with E-state index in [1.807, 2.05) is 0 Å². The predicted octanol–water partition coefficient (Wildman–Crippen LogP) is 2.75. The van der Waals surface area contributed by atoms with E-state index in [0.29, 0.717) is 0 Å². The highest BCUT2D eigenvalue weighted by molar-refractivity contribution is 6.00. The Morgan fingerprint density at radius 1 is 1.33 bits per heavy atom. The molecule has 0 radical (unpaired) electrons. The highest BCUT2D eigenvalue weighted by Crippen LogP contribution is 2.24. The van der Waals surface area contributed by atoms with Crippen molar-refractivity contribution in [1.82, 2.24) is 0 Å². The van der Waals surface area contributed by atoms with Crippen LogP contribution >= 0.6 is 0 Å². The fourth-order valence-corrected chi connectivity index (χ4v) is 1.34. The number of alkyl halides is 3. The summed E-state index contributed by atoms with van der Waals surface area (Å²) in [6, 6.07) is 4.16. The quantitative estimate of drug-likeness (QED) is 0.848. The second kappa shape index (κ2) is 5.39. The lowest BCUT2D eigenvalue weighted by Gasteiger charge is -2.15. The maximum Gasteiger partial charge on any atom is 0.573 e. The lowest BCUT2D eigenvalue weighted by molar-refractivity contribution is -0.274. The number of benzene rings is 1. The van der Waals surface area contributed by atoms with Crippen LogP contribution in [0.5, 0.6) is 5.75 Å². The van der Waals surface area contributed by atoms with Crippen molar-refractivity contribution in [2.75, 3.05) is 0 Å². The fourth-order valence-electron chi connectivity index (χ4n) is 1.34. The van der Waals surface area contributed by atoms with E-state index in [-0.39, 0.29) is 11.5 Å². The average molecular weight is 261 g/mol. The lowest BCUT2D eigenvalue weighted by atomic mass is 9.96. The number of rotatable bonds is 4. The van der Waals surface area contributed by atoms with Crippen LogP contribution in [-0.2, 0) is 0 Å². The molecule has 0 spiro atoms. The van der Waals surface area contributed by atoms with E-state index in [4.69, 9.17) is 5.73 Å². The van der Waals surface area contributed by atoms with Gasteiger partial charge in [-0.2, -0.15) is 0 Å². The summed E-state index contributed by atoms with van der Waals surface area (Å²) in [6.07, 6.45) is -4.78. The van der Waals surface area contributed by atoms with Crippen molar-refractivity contribution in [2.24, 2.45) is 11.7 Å². The molecule has 0 saturated heterocycles. The first-order valence-electron chi connectivity index (χ1n) is 5.36. The zero-order valence-corrected chi connectivity index (χ0v) is 9.99. The second-order valence-electron chi connectivity index (χ2n) is 4.21. The minimum absolute atomic E-state index is 0.0929. The van der Waals surface area contributed by atoms with Gasteiger partial charge in [-0.15, -0.1) is 13.2 Å². The van der Waals surface area contributed by atoms with E-state index in [9.17, 15) is 18.0 Å². The number of nitrogens with two attached hydrogens (primary N) is 1. The summed E-state index contributed by atoms with van der Waals surface area (Å²) < 4.78 is 39.8. The third-order valence-electron chi connectivity index (χ3n) is 2.37. The Hall–Kier alpha value is -1.56. The van der Waals surface area contributed by atoms with E-state index < -0.39 is 23.9 Å². The number of hydrogen-bond acceptors (Lipinski definition) is 3. The highest BCUT2D eigenvalue weighted by atomic mass is 19.4. The number of hydrogen-bond donors (Lipinski definition) is 1. The van der Waals surface area contributed by atoms with E-state index in [1.165, 1.54) is 12.1 Å². The van der Waals surface area contributed by atoms with Crippen LogP contribution in [0.2, 0.25) is 0 Å². The monoisotopic (exact) mass is 261 g/mol. The highest BCUT2D eigenvalue weighted by Gasteiger charge is 2.31. The molecule has 0 fully saturated rings. The second-order valence-corrected chi connectivity index (χ2v) is 4.21. The molecule has 0 saturated carbocycles. The molecule has 0 aliphatic heterocycles. The summed E-state index contributed by atoms with van der Waals surface area (Å²) >= 11 is 0. The smallest absolute Gasteiger partial charge is 0.406 e. The molecule has 1 unspecified atom stereocenters. The zero-order chi connectivity index (χ0) is 13.9. The Kier molecular flexibility index (Phi) is 4.34. The minimum atomic E-state index is -4.78. The molecule has 2 N–H and O–H groups in total. The molecule has 3 nitrogen and oxygen atoms in total. The maximum atomic E-state index is 12.0. The van der Waals surface area contributed by atoms with Crippen LogP contribution < -0.4 is 10.5 Å². The summed E-state index contributed by atoms with van der Waals surface area (Å²) in [7, 11) is 0. The molecule has 18 heavy (non-hydrogen) atoms. The Morgan fingerprint density at radius 3 is 2.44 bits per heavy atom. The van der Waals surface area contributed by atoms with Crippen LogP contribution in [0.25, 0.3) is 0 Å². The summed E-state index contributed by atoms with van der Waals surface area (Å²) in [6.45, 7) is 3.53. The number of halogens is 3. The number of Topliss-reactive ketones (excluding diaryl/α,β-unsaturated/α-hetero) is 1. The molecular formula is C12H14F3NO2. The van der Waals surface area contributed by atoms with Gasteiger partial charge >= 0.3 is 6.36 Å². The molecular weight excluding hydrogens is 247 g/mol. The van der Waals surface area contributed by atoms with Crippen LogP contribution in [0.1, 0.15) is 24.2 Å². The molecule has 0 bridgehead atoms. The molecule has 1 atom stereocenters. The number of ketones is 1. The largest absolute Gasteiger partial charge is 0.573 e. The van der Waals surface area contributed by atoms with Gasteiger partial charge in [0.25, 0.3) is 0 Å². The van der Waals surface area contributed by atoms with Gasteiger partial charge in [0.1, 0.15) is 5.75 Å². The Balaban J connectivity index is 2.92. The first kappa shape index (κ1) is 14.5. The summed E-state index contributed by atoms with van der Waals surface area (Å²) in [4.78, 5) is 11.8. The van der Waals surface area contributed by atoms with Crippen molar-refractivity contribution < 1.29 is 22.7 Å². The average Bonchev–Trinajstić information content (AvgIpc) is 2.25. The number of ether oxygens (including phenoxy) is 1. The molecule has 0 heterocycles. The molecule has 0 aromatic heterocycles. The standard InChI is InChI=1S/C12H14F3NO2/c1-7(2)10(16)11(17)8-4-3-5-9(6-8)18-12(13,14)15/h3-7,10H,16H2,1-2H3. The molecule has 0 aliphatic rings. The van der Waals surface area contributed by atoms with Gasteiger partial charge in [-0.05, 0) is 18.1 Å². The Labute approximate surface area is 103 Å².